The van der Waals surface area contributed by atoms with Crippen LogP contribution in [0, 0.1) is 12.8 Å². The van der Waals surface area contributed by atoms with E-state index in [1.54, 1.807) is 7.11 Å². The number of fused-ring (bicyclic) bond motifs is 1. The SMILES string of the molecule is COc1c(C)ccc2c1CC(C1CCN(CCN)CC1)OC2CNC=O. The van der Waals surface area contributed by atoms with Gasteiger partial charge in [-0.15, -0.1) is 0 Å². The third-order valence-electron chi connectivity index (χ3n) is 5.78. The Labute approximate surface area is 156 Å². The summed E-state index contributed by atoms with van der Waals surface area (Å²) in [6.45, 7) is 6.42. The molecule has 0 aliphatic carbocycles. The Morgan fingerprint density at radius 2 is 2.15 bits per heavy atom. The lowest BCUT2D eigenvalue weighted by Crippen LogP contribution is -2.43. The number of amides is 1. The van der Waals surface area contributed by atoms with E-state index in [1.807, 2.05) is 0 Å². The van der Waals surface area contributed by atoms with E-state index < -0.39 is 0 Å². The molecule has 26 heavy (non-hydrogen) atoms. The molecule has 3 N–H and O–H groups in total. The summed E-state index contributed by atoms with van der Waals surface area (Å²) in [5, 5.41) is 2.79. The first kappa shape index (κ1) is 19.1. The first-order valence-corrected chi connectivity index (χ1v) is 9.59. The number of methoxy groups -OCH3 is 1. The van der Waals surface area contributed by atoms with Gasteiger partial charge in [0.2, 0.25) is 6.41 Å². The van der Waals surface area contributed by atoms with Gasteiger partial charge < -0.3 is 25.4 Å². The molecular formula is C20H31N3O3. The number of benzene rings is 1. The predicted octanol–water partition coefficient (Wildman–Crippen LogP) is 1.40. The number of nitrogens with one attached hydrogen (secondary N) is 1. The number of carbonyl (C=O) groups is 1. The van der Waals surface area contributed by atoms with Gasteiger partial charge >= 0.3 is 0 Å². The molecule has 2 unspecified atom stereocenters. The highest BCUT2D eigenvalue weighted by molar-refractivity contribution is 5.50. The van der Waals surface area contributed by atoms with E-state index in [1.165, 1.54) is 5.56 Å². The Morgan fingerprint density at radius 1 is 1.38 bits per heavy atom. The molecule has 1 saturated heterocycles. The fourth-order valence-electron chi connectivity index (χ4n) is 4.41. The fraction of sp³-hybridized carbons (Fsp3) is 0.650. The van der Waals surface area contributed by atoms with Crippen LogP contribution in [0.3, 0.4) is 0 Å². The maximum atomic E-state index is 10.8. The molecule has 2 aliphatic rings. The smallest absolute Gasteiger partial charge is 0.207 e. The summed E-state index contributed by atoms with van der Waals surface area (Å²) in [4.78, 5) is 13.2. The van der Waals surface area contributed by atoms with Crippen LogP contribution >= 0.6 is 0 Å². The van der Waals surface area contributed by atoms with Crippen LogP contribution in [0.5, 0.6) is 5.75 Å². The average Bonchev–Trinajstić information content (AvgIpc) is 2.66. The fourth-order valence-corrected chi connectivity index (χ4v) is 4.41. The van der Waals surface area contributed by atoms with E-state index >= 15 is 0 Å². The van der Waals surface area contributed by atoms with Crippen molar-refractivity contribution in [1.82, 2.24) is 10.2 Å². The van der Waals surface area contributed by atoms with Gasteiger partial charge in [-0.2, -0.15) is 0 Å². The van der Waals surface area contributed by atoms with E-state index in [4.69, 9.17) is 15.2 Å². The Balaban J connectivity index is 1.80. The van der Waals surface area contributed by atoms with E-state index in [0.717, 1.165) is 62.2 Å². The van der Waals surface area contributed by atoms with Gasteiger partial charge in [0.1, 0.15) is 11.9 Å². The number of piperidine rings is 1. The number of nitrogens with zero attached hydrogens (tertiary/aromatic N) is 1. The second-order valence-electron chi connectivity index (χ2n) is 7.34. The third kappa shape index (κ3) is 4.03. The quantitative estimate of drug-likeness (QED) is 0.718. The van der Waals surface area contributed by atoms with Crippen molar-refractivity contribution < 1.29 is 14.3 Å². The van der Waals surface area contributed by atoms with Crippen molar-refractivity contribution in [3.63, 3.8) is 0 Å². The van der Waals surface area contributed by atoms with Crippen LogP contribution in [0.25, 0.3) is 0 Å². The Bertz CT molecular complexity index is 615. The molecule has 3 rings (SSSR count). The summed E-state index contributed by atoms with van der Waals surface area (Å²) in [6, 6.07) is 4.19. The molecule has 1 fully saturated rings. The monoisotopic (exact) mass is 361 g/mol. The summed E-state index contributed by atoms with van der Waals surface area (Å²) in [7, 11) is 1.73. The predicted molar refractivity (Wildman–Crippen MR) is 101 cm³/mol. The number of hydrogen-bond acceptors (Lipinski definition) is 5. The molecule has 6 heteroatoms. The molecule has 6 nitrogen and oxygen atoms in total. The molecule has 0 aromatic heterocycles. The van der Waals surface area contributed by atoms with Gasteiger partial charge in [0.15, 0.2) is 0 Å². The van der Waals surface area contributed by atoms with Gasteiger partial charge in [0.25, 0.3) is 0 Å². The lowest BCUT2D eigenvalue weighted by Gasteiger charge is -2.41. The molecule has 1 amide bonds. The van der Waals surface area contributed by atoms with E-state index in [2.05, 4.69) is 29.3 Å². The molecule has 2 atom stereocenters. The topological polar surface area (TPSA) is 76.8 Å². The normalized spacial score (nSPS) is 24.1. The number of ether oxygens (including phenoxy) is 2. The summed E-state index contributed by atoms with van der Waals surface area (Å²) in [5.74, 6) is 1.49. The third-order valence-corrected chi connectivity index (χ3v) is 5.78. The van der Waals surface area contributed by atoms with Gasteiger partial charge in [-0.1, -0.05) is 12.1 Å². The maximum absolute atomic E-state index is 10.8. The molecule has 0 saturated carbocycles. The second-order valence-corrected chi connectivity index (χ2v) is 7.34. The van der Waals surface area contributed by atoms with Gasteiger partial charge in [-0.3, -0.25) is 4.79 Å². The van der Waals surface area contributed by atoms with E-state index in [-0.39, 0.29) is 12.2 Å². The molecule has 0 spiro atoms. The number of carbonyl (C=O) groups excluding carboxylic acids is 1. The first-order valence-electron chi connectivity index (χ1n) is 9.59. The Morgan fingerprint density at radius 3 is 2.81 bits per heavy atom. The van der Waals surface area contributed by atoms with E-state index in [9.17, 15) is 4.79 Å². The van der Waals surface area contributed by atoms with Crippen LogP contribution in [0.2, 0.25) is 0 Å². The van der Waals surface area contributed by atoms with Crippen molar-refractivity contribution in [1.29, 1.82) is 0 Å². The zero-order chi connectivity index (χ0) is 18.5. The maximum Gasteiger partial charge on any atom is 0.207 e. The number of rotatable bonds is 7. The van der Waals surface area contributed by atoms with Crippen LogP contribution in [0.1, 0.15) is 35.6 Å². The van der Waals surface area contributed by atoms with Crippen LogP contribution in [-0.2, 0) is 16.0 Å². The highest BCUT2D eigenvalue weighted by Crippen LogP contribution is 2.40. The Kier molecular flexibility index (Phi) is 6.51. The van der Waals surface area contributed by atoms with Crippen molar-refractivity contribution in [2.75, 3.05) is 39.8 Å². The zero-order valence-corrected chi connectivity index (χ0v) is 15.9. The lowest BCUT2D eigenvalue weighted by atomic mass is 9.83. The van der Waals surface area contributed by atoms with Crippen LogP contribution in [-0.4, -0.2) is 57.2 Å². The standard InChI is InChI=1S/C20H31N3O3/c1-14-3-4-16-17(20(14)25-2)11-18(26-19(16)12-22-13-24)15-5-8-23(9-6-15)10-7-21/h3-4,13,15,18-19H,5-12,21H2,1-2H3,(H,22,24). The highest BCUT2D eigenvalue weighted by Gasteiger charge is 2.35. The molecule has 2 aliphatic heterocycles. The summed E-state index contributed by atoms with van der Waals surface area (Å²) >= 11 is 0. The minimum absolute atomic E-state index is 0.120. The number of aryl methyl sites for hydroxylation is 1. The van der Waals surface area contributed by atoms with Crippen LogP contribution in [0.15, 0.2) is 12.1 Å². The summed E-state index contributed by atoms with van der Waals surface area (Å²) < 4.78 is 12.2. The lowest BCUT2D eigenvalue weighted by molar-refractivity contribution is -0.111. The largest absolute Gasteiger partial charge is 0.496 e. The van der Waals surface area contributed by atoms with Gasteiger partial charge in [-0.25, -0.2) is 0 Å². The minimum atomic E-state index is -0.120. The van der Waals surface area contributed by atoms with Crippen molar-refractivity contribution in [3.05, 3.63) is 28.8 Å². The first-order chi connectivity index (χ1) is 12.7. The molecule has 0 radical (unpaired) electrons. The average molecular weight is 361 g/mol. The van der Waals surface area contributed by atoms with Crippen molar-refractivity contribution in [3.8, 4) is 5.75 Å². The van der Waals surface area contributed by atoms with E-state index in [0.29, 0.717) is 19.0 Å². The highest BCUT2D eigenvalue weighted by atomic mass is 16.5. The zero-order valence-electron chi connectivity index (χ0n) is 15.9. The number of likely N-dealkylation sites (tertiary alicyclic amines) is 1. The molecule has 0 bridgehead atoms. The van der Waals surface area contributed by atoms with Crippen molar-refractivity contribution in [2.24, 2.45) is 11.7 Å². The molecule has 1 aromatic carbocycles. The molecule has 2 heterocycles. The Hall–Kier alpha value is -1.63. The van der Waals surface area contributed by atoms with Gasteiger partial charge in [0, 0.05) is 31.6 Å². The van der Waals surface area contributed by atoms with Crippen LogP contribution < -0.4 is 15.8 Å². The minimum Gasteiger partial charge on any atom is -0.496 e. The molecule has 1 aromatic rings. The van der Waals surface area contributed by atoms with Gasteiger partial charge in [0.05, 0.1) is 13.2 Å². The number of nitrogens with two attached hydrogens (primary N) is 1. The van der Waals surface area contributed by atoms with Crippen molar-refractivity contribution in [2.45, 2.75) is 38.4 Å². The summed E-state index contributed by atoms with van der Waals surface area (Å²) in [6.07, 6.45) is 3.91. The molecule has 144 valence electrons. The van der Waals surface area contributed by atoms with Crippen molar-refractivity contribution >= 4 is 6.41 Å². The summed E-state index contributed by atoms with van der Waals surface area (Å²) in [5.41, 5.74) is 9.21. The van der Waals surface area contributed by atoms with Crippen LogP contribution in [0.4, 0.5) is 0 Å². The number of hydrogen-bond donors (Lipinski definition) is 2. The van der Waals surface area contributed by atoms with Gasteiger partial charge in [-0.05, 0) is 49.9 Å². The second kappa shape index (κ2) is 8.84. The molecular weight excluding hydrogens is 330 g/mol.